The maximum absolute atomic E-state index is 12.5. The van der Waals surface area contributed by atoms with Gasteiger partial charge >= 0.3 is 18.0 Å². The molecule has 2 amide bonds. The van der Waals surface area contributed by atoms with E-state index in [1.54, 1.807) is 0 Å². The Labute approximate surface area is 143 Å². The van der Waals surface area contributed by atoms with Gasteiger partial charge in [-0.05, 0) is 12.8 Å². The number of likely N-dealkylation sites (tertiary alicyclic amines) is 1. The van der Waals surface area contributed by atoms with Crippen LogP contribution in [0.25, 0.3) is 0 Å². The predicted octanol–water partition coefficient (Wildman–Crippen LogP) is 1.53. The molecule has 2 aliphatic rings. The number of carboxylic acid groups (broad SMARTS) is 1. The minimum atomic E-state index is -0.844. The van der Waals surface area contributed by atoms with Crippen molar-refractivity contribution in [1.82, 2.24) is 4.90 Å². The highest BCUT2D eigenvalue weighted by molar-refractivity contribution is 6.01. The number of aliphatic carboxylic acids is 1. The zero-order valence-electron chi connectivity index (χ0n) is 13.6. The third-order valence-corrected chi connectivity index (χ3v) is 4.29. The Morgan fingerprint density at radius 1 is 1.20 bits per heavy atom. The van der Waals surface area contributed by atoms with Gasteiger partial charge in [0, 0.05) is 25.2 Å². The number of ether oxygens (including phenoxy) is 3. The largest absolute Gasteiger partial charge is 0.481 e. The van der Waals surface area contributed by atoms with Crippen molar-refractivity contribution in [2.45, 2.75) is 12.8 Å². The summed E-state index contributed by atoms with van der Waals surface area (Å²) in [5, 5.41) is 11.7. The van der Waals surface area contributed by atoms with Crippen LogP contribution in [0.2, 0.25) is 0 Å². The third-order valence-electron chi connectivity index (χ3n) is 4.29. The molecule has 2 N–H and O–H groups in total. The van der Waals surface area contributed by atoms with Crippen LogP contribution in [0.1, 0.15) is 23.2 Å². The van der Waals surface area contributed by atoms with Crippen molar-refractivity contribution in [3.63, 3.8) is 0 Å². The number of nitrogens with zero attached hydrogens (tertiary/aromatic N) is 1. The van der Waals surface area contributed by atoms with Crippen LogP contribution in [-0.2, 0) is 9.53 Å². The summed E-state index contributed by atoms with van der Waals surface area (Å²) in [6.45, 7) is 0.706. The summed E-state index contributed by atoms with van der Waals surface area (Å²) < 4.78 is 15.2. The van der Waals surface area contributed by atoms with Crippen LogP contribution >= 0.6 is 0 Å². The molecule has 1 aromatic rings. The van der Waals surface area contributed by atoms with Gasteiger partial charge in [-0.3, -0.25) is 4.79 Å². The van der Waals surface area contributed by atoms with Gasteiger partial charge in [-0.15, -0.1) is 0 Å². The number of amides is 2. The van der Waals surface area contributed by atoms with Gasteiger partial charge in [0.05, 0.1) is 24.3 Å². The average Bonchev–Trinajstić information content (AvgIpc) is 3.07. The number of methoxy groups -OCH3 is 1. The average molecular weight is 350 g/mol. The Morgan fingerprint density at radius 2 is 1.84 bits per heavy atom. The highest BCUT2D eigenvalue weighted by atomic mass is 16.7. The first-order valence-electron chi connectivity index (χ1n) is 7.80. The second kappa shape index (κ2) is 6.88. The number of fused-ring (bicyclic) bond motifs is 1. The van der Waals surface area contributed by atoms with Gasteiger partial charge in [0.15, 0.2) is 11.5 Å². The zero-order valence-corrected chi connectivity index (χ0v) is 13.6. The van der Waals surface area contributed by atoms with Gasteiger partial charge in [0.2, 0.25) is 6.79 Å². The van der Waals surface area contributed by atoms with E-state index < -0.39 is 23.9 Å². The van der Waals surface area contributed by atoms with Crippen LogP contribution in [0.5, 0.6) is 11.5 Å². The lowest BCUT2D eigenvalue weighted by atomic mass is 9.97. The molecule has 0 atom stereocenters. The van der Waals surface area contributed by atoms with Crippen LogP contribution < -0.4 is 14.8 Å². The molecule has 0 spiro atoms. The molecule has 1 aromatic carbocycles. The predicted molar refractivity (Wildman–Crippen MR) is 84.9 cm³/mol. The first-order chi connectivity index (χ1) is 12.0. The van der Waals surface area contributed by atoms with Crippen molar-refractivity contribution < 1.29 is 33.7 Å². The molecule has 0 aliphatic carbocycles. The molecule has 0 radical (unpaired) electrons. The standard InChI is InChI=1S/C16H18N2O7/c1-23-15(21)10-6-12-13(25-8-24-12)7-11(10)17-16(22)18-4-2-9(3-5-18)14(19)20/h6-7,9H,2-5,8H2,1H3,(H,17,22)(H,19,20). The van der Waals surface area contributed by atoms with Gasteiger partial charge in [-0.2, -0.15) is 0 Å². The zero-order chi connectivity index (χ0) is 18.0. The van der Waals surface area contributed by atoms with Crippen molar-refractivity contribution in [3.05, 3.63) is 17.7 Å². The van der Waals surface area contributed by atoms with E-state index in [2.05, 4.69) is 5.32 Å². The SMILES string of the molecule is COC(=O)c1cc2c(cc1NC(=O)N1CCC(C(=O)O)CC1)OCO2. The summed E-state index contributed by atoms with van der Waals surface area (Å²) in [5.41, 5.74) is 0.405. The second-order valence-electron chi connectivity index (χ2n) is 5.77. The van der Waals surface area contributed by atoms with Gasteiger partial charge in [0.25, 0.3) is 0 Å². The van der Waals surface area contributed by atoms with Crippen LogP contribution in [0.4, 0.5) is 10.5 Å². The maximum atomic E-state index is 12.5. The van der Waals surface area contributed by atoms with E-state index in [9.17, 15) is 14.4 Å². The van der Waals surface area contributed by atoms with Gasteiger partial charge in [-0.1, -0.05) is 0 Å². The Bertz CT molecular complexity index is 711. The lowest BCUT2D eigenvalue weighted by Gasteiger charge is -2.30. The number of carbonyl (C=O) groups is 3. The molecule has 9 heteroatoms. The fraction of sp³-hybridized carbons (Fsp3) is 0.438. The molecule has 0 aromatic heterocycles. The Balaban J connectivity index is 1.75. The third kappa shape index (κ3) is 3.44. The van der Waals surface area contributed by atoms with Crippen molar-refractivity contribution in [3.8, 4) is 11.5 Å². The van der Waals surface area contributed by atoms with Crippen LogP contribution in [0.15, 0.2) is 12.1 Å². The molecule has 2 heterocycles. The number of hydrogen-bond acceptors (Lipinski definition) is 6. The number of piperidine rings is 1. The summed E-state index contributed by atoms with van der Waals surface area (Å²) in [6, 6.07) is 2.56. The van der Waals surface area contributed by atoms with E-state index >= 15 is 0 Å². The fourth-order valence-corrected chi connectivity index (χ4v) is 2.85. The number of anilines is 1. The van der Waals surface area contributed by atoms with E-state index in [0.717, 1.165) is 0 Å². The topological polar surface area (TPSA) is 114 Å². The Hall–Kier alpha value is -2.97. The molecule has 0 saturated carbocycles. The summed E-state index contributed by atoms with van der Waals surface area (Å²) in [7, 11) is 1.25. The summed E-state index contributed by atoms with van der Waals surface area (Å²) in [4.78, 5) is 36.9. The highest BCUT2D eigenvalue weighted by Crippen LogP contribution is 2.37. The number of nitrogens with one attached hydrogen (secondary N) is 1. The number of carboxylic acids is 1. The lowest BCUT2D eigenvalue weighted by Crippen LogP contribution is -2.42. The highest BCUT2D eigenvalue weighted by Gasteiger charge is 2.28. The number of benzene rings is 1. The van der Waals surface area contributed by atoms with Crippen molar-refractivity contribution in [2.24, 2.45) is 5.92 Å². The number of rotatable bonds is 3. The van der Waals surface area contributed by atoms with Crippen LogP contribution in [-0.4, -0.2) is 55.0 Å². The van der Waals surface area contributed by atoms with E-state index in [4.69, 9.17) is 19.3 Å². The van der Waals surface area contributed by atoms with Gasteiger partial charge in [-0.25, -0.2) is 9.59 Å². The molecule has 25 heavy (non-hydrogen) atoms. The first kappa shape index (κ1) is 16.9. The minimum Gasteiger partial charge on any atom is -0.481 e. The second-order valence-corrected chi connectivity index (χ2v) is 5.77. The first-order valence-corrected chi connectivity index (χ1v) is 7.80. The normalized spacial score (nSPS) is 16.4. The van der Waals surface area contributed by atoms with Gasteiger partial charge in [0.1, 0.15) is 0 Å². The molecule has 9 nitrogen and oxygen atoms in total. The molecule has 1 saturated heterocycles. The van der Waals surface area contributed by atoms with Crippen LogP contribution in [0.3, 0.4) is 0 Å². The molecule has 0 unspecified atom stereocenters. The lowest BCUT2D eigenvalue weighted by molar-refractivity contribution is -0.143. The molecule has 1 fully saturated rings. The summed E-state index contributed by atoms with van der Waals surface area (Å²) in [5.74, 6) is -1.06. The maximum Gasteiger partial charge on any atom is 0.340 e. The Morgan fingerprint density at radius 3 is 2.44 bits per heavy atom. The smallest absolute Gasteiger partial charge is 0.340 e. The van der Waals surface area contributed by atoms with E-state index in [1.165, 1.54) is 24.1 Å². The molecular formula is C16H18N2O7. The quantitative estimate of drug-likeness (QED) is 0.795. The van der Waals surface area contributed by atoms with Crippen molar-refractivity contribution in [1.29, 1.82) is 0 Å². The van der Waals surface area contributed by atoms with Crippen molar-refractivity contribution >= 4 is 23.7 Å². The number of urea groups is 1. The van der Waals surface area contributed by atoms with E-state index in [1.807, 2.05) is 0 Å². The molecule has 2 aliphatic heterocycles. The van der Waals surface area contributed by atoms with E-state index in [0.29, 0.717) is 37.4 Å². The van der Waals surface area contributed by atoms with E-state index in [-0.39, 0.29) is 18.0 Å². The number of esters is 1. The van der Waals surface area contributed by atoms with Crippen LogP contribution in [0, 0.1) is 5.92 Å². The van der Waals surface area contributed by atoms with Gasteiger partial charge < -0.3 is 29.5 Å². The monoisotopic (exact) mass is 350 g/mol. The number of carbonyl (C=O) groups excluding carboxylic acids is 2. The fourth-order valence-electron chi connectivity index (χ4n) is 2.85. The Kier molecular flexibility index (Phi) is 4.64. The molecule has 134 valence electrons. The summed E-state index contributed by atoms with van der Waals surface area (Å²) >= 11 is 0. The number of hydrogen-bond donors (Lipinski definition) is 2. The van der Waals surface area contributed by atoms with Crippen molar-refractivity contribution in [2.75, 3.05) is 32.3 Å². The minimum absolute atomic E-state index is 0.0377. The molecular weight excluding hydrogens is 332 g/mol. The summed E-state index contributed by atoms with van der Waals surface area (Å²) in [6.07, 6.45) is 0.793. The molecule has 3 rings (SSSR count). The molecule has 0 bridgehead atoms.